The Kier molecular flexibility index (Phi) is 4.78. The minimum atomic E-state index is -0.710. The lowest BCUT2D eigenvalue weighted by Crippen LogP contribution is -2.53. The Balaban J connectivity index is 2.44. The number of nitrogens with two attached hydrogens (primary N) is 1. The van der Waals surface area contributed by atoms with Gasteiger partial charge in [0.2, 0.25) is 5.91 Å². The molecule has 3 heteroatoms. The third-order valence-electron chi connectivity index (χ3n) is 3.85. The summed E-state index contributed by atoms with van der Waals surface area (Å²) < 4.78 is 0. The van der Waals surface area contributed by atoms with Gasteiger partial charge in [-0.3, -0.25) is 4.79 Å². The fourth-order valence-electron chi connectivity index (χ4n) is 2.14. The van der Waals surface area contributed by atoms with Crippen molar-refractivity contribution in [2.24, 2.45) is 11.7 Å². The van der Waals surface area contributed by atoms with E-state index in [2.05, 4.69) is 12.2 Å². The summed E-state index contributed by atoms with van der Waals surface area (Å²) in [6, 6.07) is 0.340. The maximum Gasteiger partial charge on any atom is 0.239 e. The van der Waals surface area contributed by atoms with E-state index < -0.39 is 5.54 Å². The minimum absolute atomic E-state index is 0.00885. The number of hydrogen-bond acceptors (Lipinski definition) is 2. The second kappa shape index (κ2) is 5.67. The van der Waals surface area contributed by atoms with Gasteiger partial charge in [0.05, 0.1) is 5.54 Å². The Morgan fingerprint density at radius 2 is 2.06 bits per heavy atom. The van der Waals surface area contributed by atoms with Crippen LogP contribution in [0, 0.1) is 5.92 Å². The lowest BCUT2D eigenvalue weighted by Gasteiger charge is -2.25. The van der Waals surface area contributed by atoms with Crippen molar-refractivity contribution in [1.82, 2.24) is 5.32 Å². The first kappa shape index (κ1) is 13.5. The zero-order chi connectivity index (χ0) is 12.2. The van der Waals surface area contributed by atoms with Crippen molar-refractivity contribution in [1.29, 1.82) is 0 Å². The minimum Gasteiger partial charge on any atom is -0.352 e. The SMILES string of the molecule is CCC(C)(N)C(=O)NC1CCCC(C)CC1. The second-order valence-corrected chi connectivity index (χ2v) is 5.55. The highest BCUT2D eigenvalue weighted by atomic mass is 16.2. The van der Waals surface area contributed by atoms with Crippen molar-refractivity contribution in [3.63, 3.8) is 0 Å². The molecule has 0 bridgehead atoms. The zero-order valence-electron chi connectivity index (χ0n) is 10.9. The molecule has 1 aliphatic carbocycles. The first-order valence-corrected chi connectivity index (χ1v) is 6.55. The molecule has 1 saturated carbocycles. The van der Waals surface area contributed by atoms with Gasteiger partial charge in [-0.05, 0) is 38.5 Å². The molecule has 1 aliphatic rings. The average Bonchev–Trinajstić information content (AvgIpc) is 2.44. The van der Waals surface area contributed by atoms with Crippen LogP contribution in [-0.4, -0.2) is 17.5 Å². The van der Waals surface area contributed by atoms with Gasteiger partial charge in [-0.15, -0.1) is 0 Å². The molecule has 3 N–H and O–H groups in total. The average molecular weight is 226 g/mol. The number of nitrogens with one attached hydrogen (secondary N) is 1. The normalized spacial score (nSPS) is 30.2. The summed E-state index contributed by atoms with van der Waals surface area (Å²) in [5.41, 5.74) is 5.22. The molecule has 0 aromatic carbocycles. The van der Waals surface area contributed by atoms with Crippen molar-refractivity contribution in [3.8, 4) is 0 Å². The zero-order valence-corrected chi connectivity index (χ0v) is 10.9. The smallest absolute Gasteiger partial charge is 0.239 e. The molecule has 0 aliphatic heterocycles. The van der Waals surface area contributed by atoms with Gasteiger partial charge < -0.3 is 11.1 Å². The van der Waals surface area contributed by atoms with Crippen LogP contribution in [0.5, 0.6) is 0 Å². The summed E-state index contributed by atoms with van der Waals surface area (Å²) in [5, 5.41) is 3.11. The molecular formula is C13H26N2O. The topological polar surface area (TPSA) is 55.1 Å². The van der Waals surface area contributed by atoms with Crippen LogP contribution < -0.4 is 11.1 Å². The van der Waals surface area contributed by atoms with E-state index in [1.54, 1.807) is 0 Å². The van der Waals surface area contributed by atoms with E-state index in [9.17, 15) is 4.79 Å². The molecule has 3 nitrogen and oxygen atoms in total. The first-order valence-electron chi connectivity index (χ1n) is 6.55. The van der Waals surface area contributed by atoms with E-state index in [-0.39, 0.29) is 5.91 Å². The summed E-state index contributed by atoms with van der Waals surface area (Å²) in [4.78, 5) is 11.9. The van der Waals surface area contributed by atoms with Crippen molar-refractivity contribution in [3.05, 3.63) is 0 Å². The maximum atomic E-state index is 11.9. The van der Waals surface area contributed by atoms with Crippen LogP contribution in [0.2, 0.25) is 0 Å². The van der Waals surface area contributed by atoms with Crippen molar-refractivity contribution < 1.29 is 4.79 Å². The fraction of sp³-hybridized carbons (Fsp3) is 0.923. The predicted molar refractivity (Wildman–Crippen MR) is 67.1 cm³/mol. The molecule has 1 fully saturated rings. The number of carbonyl (C=O) groups excluding carboxylic acids is 1. The van der Waals surface area contributed by atoms with E-state index in [1.807, 2.05) is 13.8 Å². The van der Waals surface area contributed by atoms with Gasteiger partial charge in [0.15, 0.2) is 0 Å². The summed E-state index contributed by atoms with van der Waals surface area (Å²) in [6.07, 6.45) is 6.63. The van der Waals surface area contributed by atoms with Crippen LogP contribution in [0.4, 0.5) is 0 Å². The van der Waals surface area contributed by atoms with Crippen LogP contribution in [-0.2, 0) is 4.79 Å². The highest BCUT2D eigenvalue weighted by Gasteiger charge is 2.28. The van der Waals surface area contributed by atoms with Crippen LogP contribution >= 0.6 is 0 Å². The molecule has 94 valence electrons. The van der Waals surface area contributed by atoms with E-state index >= 15 is 0 Å². The number of hydrogen-bond donors (Lipinski definition) is 2. The lowest BCUT2D eigenvalue weighted by molar-refractivity contribution is -0.126. The fourth-order valence-corrected chi connectivity index (χ4v) is 2.14. The molecule has 0 aromatic heterocycles. The molecule has 1 amide bonds. The van der Waals surface area contributed by atoms with Crippen molar-refractivity contribution in [2.75, 3.05) is 0 Å². The highest BCUT2D eigenvalue weighted by Crippen LogP contribution is 2.23. The van der Waals surface area contributed by atoms with Crippen LogP contribution in [0.25, 0.3) is 0 Å². The van der Waals surface area contributed by atoms with Gasteiger partial charge in [0.1, 0.15) is 0 Å². The molecule has 1 rings (SSSR count). The van der Waals surface area contributed by atoms with E-state index in [0.29, 0.717) is 12.5 Å². The third kappa shape index (κ3) is 3.78. The van der Waals surface area contributed by atoms with Crippen LogP contribution in [0.15, 0.2) is 0 Å². The third-order valence-corrected chi connectivity index (χ3v) is 3.85. The predicted octanol–water partition coefficient (Wildman–Crippen LogP) is 2.20. The first-order chi connectivity index (χ1) is 7.45. The van der Waals surface area contributed by atoms with Crippen LogP contribution in [0.1, 0.15) is 59.3 Å². The molecular weight excluding hydrogens is 200 g/mol. The van der Waals surface area contributed by atoms with Crippen molar-refractivity contribution >= 4 is 5.91 Å². The number of carbonyl (C=O) groups is 1. The van der Waals surface area contributed by atoms with E-state index in [4.69, 9.17) is 5.73 Å². The Morgan fingerprint density at radius 1 is 1.38 bits per heavy atom. The Labute approximate surface area is 99.2 Å². The summed E-state index contributed by atoms with van der Waals surface area (Å²) >= 11 is 0. The van der Waals surface area contributed by atoms with Gasteiger partial charge >= 0.3 is 0 Å². The number of amides is 1. The summed E-state index contributed by atoms with van der Waals surface area (Å²) in [7, 11) is 0. The van der Waals surface area contributed by atoms with Gasteiger partial charge in [-0.25, -0.2) is 0 Å². The van der Waals surface area contributed by atoms with E-state index in [0.717, 1.165) is 18.8 Å². The summed E-state index contributed by atoms with van der Waals surface area (Å²) in [5.74, 6) is 0.812. The molecule has 3 atom stereocenters. The summed E-state index contributed by atoms with van der Waals surface area (Å²) in [6.45, 7) is 6.06. The molecule has 0 radical (unpaired) electrons. The van der Waals surface area contributed by atoms with Gasteiger partial charge in [0, 0.05) is 6.04 Å². The molecule has 3 unspecified atom stereocenters. The Hall–Kier alpha value is -0.570. The lowest BCUT2D eigenvalue weighted by atomic mass is 9.98. The van der Waals surface area contributed by atoms with Gasteiger partial charge in [0.25, 0.3) is 0 Å². The molecule has 16 heavy (non-hydrogen) atoms. The standard InChI is InChI=1S/C13H26N2O/c1-4-13(3,14)12(16)15-11-7-5-6-10(2)8-9-11/h10-11H,4-9,14H2,1-3H3,(H,15,16). The Bertz CT molecular complexity index is 238. The molecule has 0 aromatic rings. The van der Waals surface area contributed by atoms with Gasteiger partial charge in [-0.2, -0.15) is 0 Å². The monoisotopic (exact) mass is 226 g/mol. The maximum absolute atomic E-state index is 11.9. The van der Waals surface area contributed by atoms with Gasteiger partial charge in [-0.1, -0.05) is 26.7 Å². The molecule has 0 saturated heterocycles. The highest BCUT2D eigenvalue weighted by molar-refractivity contribution is 5.85. The van der Waals surface area contributed by atoms with Crippen molar-refractivity contribution in [2.45, 2.75) is 70.9 Å². The number of rotatable bonds is 3. The molecule has 0 spiro atoms. The quantitative estimate of drug-likeness (QED) is 0.725. The van der Waals surface area contributed by atoms with E-state index in [1.165, 1.54) is 19.3 Å². The second-order valence-electron chi connectivity index (χ2n) is 5.55. The van der Waals surface area contributed by atoms with Crippen LogP contribution in [0.3, 0.4) is 0 Å². The largest absolute Gasteiger partial charge is 0.352 e. The molecule has 0 heterocycles. The Morgan fingerprint density at radius 3 is 2.69 bits per heavy atom.